The zero-order chi connectivity index (χ0) is 10.3. The summed E-state index contributed by atoms with van der Waals surface area (Å²) >= 11 is 0. The Morgan fingerprint density at radius 3 is 2.93 bits per heavy atom. The first-order valence-corrected chi connectivity index (χ1v) is 4.70. The summed E-state index contributed by atoms with van der Waals surface area (Å²) in [4.78, 5) is 15.8. The Morgan fingerprint density at radius 2 is 2.21 bits per heavy atom. The molecule has 14 heavy (non-hydrogen) atoms. The number of fused-ring (bicyclic) bond motifs is 1. The molecule has 0 saturated carbocycles. The van der Waals surface area contributed by atoms with Gasteiger partial charge in [-0.05, 0) is 26.0 Å². The van der Waals surface area contributed by atoms with Crippen molar-refractivity contribution in [3.63, 3.8) is 0 Å². The summed E-state index contributed by atoms with van der Waals surface area (Å²) in [6, 6.07) is 3.52. The van der Waals surface area contributed by atoms with Gasteiger partial charge >= 0.3 is 5.97 Å². The largest absolute Gasteiger partial charge is 0.455 e. The van der Waals surface area contributed by atoms with E-state index in [1.54, 1.807) is 18.3 Å². The Labute approximate surface area is 83.1 Å². The number of rotatable bonds is 0. The number of carbonyl (C=O) groups is 1. The first-order chi connectivity index (χ1) is 6.52. The molecule has 0 aromatic carbocycles. The lowest BCUT2D eigenvalue weighted by Crippen LogP contribution is -2.39. The molecule has 0 amide bonds. The van der Waals surface area contributed by atoms with E-state index in [0.717, 1.165) is 5.69 Å². The third-order valence-corrected chi connectivity index (χ3v) is 2.87. The summed E-state index contributed by atoms with van der Waals surface area (Å²) in [6.45, 7) is 5.85. The van der Waals surface area contributed by atoms with Gasteiger partial charge in [-0.25, -0.2) is 4.79 Å². The van der Waals surface area contributed by atoms with Crippen LogP contribution >= 0.6 is 0 Å². The topological polar surface area (TPSA) is 39.2 Å². The summed E-state index contributed by atoms with van der Waals surface area (Å²) in [7, 11) is 0. The van der Waals surface area contributed by atoms with Gasteiger partial charge in [-0.3, -0.25) is 4.98 Å². The van der Waals surface area contributed by atoms with Crippen molar-refractivity contribution in [2.75, 3.05) is 0 Å². The van der Waals surface area contributed by atoms with Gasteiger partial charge in [0.1, 0.15) is 5.60 Å². The second-order valence-electron chi connectivity index (χ2n) is 4.15. The number of carbonyl (C=O) groups excluding carboxylic acids is 1. The van der Waals surface area contributed by atoms with E-state index in [4.69, 9.17) is 4.74 Å². The summed E-state index contributed by atoms with van der Waals surface area (Å²) in [5, 5.41) is 0. The van der Waals surface area contributed by atoms with Crippen LogP contribution in [0, 0.1) is 0 Å². The molecule has 74 valence electrons. The zero-order valence-electron chi connectivity index (χ0n) is 8.57. The number of hydrogen-bond donors (Lipinski definition) is 0. The zero-order valence-corrected chi connectivity index (χ0v) is 8.57. The highest BCUT2D eigenvalue weighted by molar-refractivity contribution is 5.92. The van der Waals surface area contributed by atoms with Crippen molar-refractivity contribution >= 4 is 5.97 Å². The van der Waals surface area contributed by atoms with Crippen LogP contribution in [0.3, 0.4) is 0 Å². The Balaban J connectivity index is 2.57. The number of nitrogens with zero attached hydrogens (tertiary/aromatic N) is 1. The lowest BCUT2D eigenvalue weighted by molar-refractivity contribution is -0.0190. The smallest absolute Gasteiger partial charge is 0.340 e. The van der Waals surface area contributed by atoms with Crippen LogP contribution < -0.4 is 0 Å². The summed E-state index contributed by atoms with van der Waals surface area (Å²) < 4.78 is 5.33. The summed E-state index contributed by atoms with van der Waals surface area (Å²) in [5.41, 5.74) is 0.978. The van der Waals surface area contributed by atoms with Crippen LogP contribution in [0.1, 0.15) is 42.7 Å². The van der Waals surface area contributed by atoms with E-state index in [2.05, 4.69) is 4.98 Å². The maximum Gasteiger partial charge on any atom is 0.340 e. The van der Waals surface area contributed by atoms with Gasteiger partial charge in [-0.2, -0.15) is 0 Å². The van der Waals surface area contributed by atoms with Crippen LogP contribution in [0.5, 0.6) is 0 Å². The quantitative estimate of drug-likeness (QED) is 0.590. The molecule has 1 aliphatic heterocycles. The van der Waals surface area contributed by atoms with E-state index in [-0.39, 0.29) is 11.9 Å². The third-order valence-electron chi connectivity index (χ3n) is 2.87. The van der Waals surface area contributed by atoms with Gasteiger partial charge in [0.05, 0.1) is 11.3 Å². The first-order valence-electron chi connectivity index (χ1n) is 4.70. The third kappa shape index (κ3) is 1.20. The van der Waals surface area contributed by atoms with Gasteiger partial charge in [0.2, 0.25) is 0 Å². The van der Waals surface area contributed by atoms with Crippen LogP contribution in [0.4, 0.5) is 0 Å². The first kappa shape index (κ1) is 9.19. The highest BCUT2D eigenvalue weighted by atomic mass is 16.6. The average Bonchev–Trinajstić information content (AvgIpc) is 2.14. The molecule has 0 bridgehead atoms. The Morgan fingerprint density at radius 1 is 1.50 bits per heavy atom. The minimum atomic E-state index is -0.460. The van der Waals surface area contributed by atoms with Crippen molar-refractivity contribution < 1.29 is 9.53 Å². The molecule has 1 aromatic heterocycles. The molecule has 0 N–H and O–H groups in total. The fourth-order valence-corrected chi connectivity index (χ4v) is 1.65. The minimum absolute atomic E-state index is 0.136. The average molecular weight is 191 g/mol. The van der Waals surface area contributed by atoms with Crippen LogP contribution in [-0.4, -0.2) is 16.6 Å². The number of hydrogen-bond acceptors (Lipinski definition) is 3. The van der Waals surface area contributed by atoms with Crippen LogP contribution in [0.2, 0.25) is 0 Å². The van der Waals surface area contributed by atoms with E-state index in [1.165, 1.54) is 0 Å². The number of ether oxygens (including phenoxy) is 1. The monoisotopic (exact) mass is 191 g/mol. The molecule has 0 unspecified atom stereocenters. The van der Waals surface area contributed by atoms with Crippen molar-refractivity contribution in [3.05, 3.63) is 29.6 Å². The van der Waals surface area contributed by atoms with Crippen LogP contribution in [-0.2, 0) is 4.74 Å². The predicted molar refractivity (Wildman–Crippen MR) is 52.1 cm³/mol. The van der Waals surface area contributed by atoms with Crippen LogP contribution in [0.25, 0.3) is 0 Å². The molecule has 0 aliphatic carbocycles. The number of pyridine rings is 1. The second kappa shape index (κ2) is 2.80. The van der Waals surface area contributed by atoms with Gasteiger partial charge in [0, 0.05) is 12.1 Å². The van der Waals surface area contributed by atoms with Gasteiger partial charge in [0.15, 0.2) is 0 Å². The molecular weight excluding hydrogens is 178 g/mol. The molecule has 0 spiro atoms. The Hall–Kier alpha value is -1.38. The summed E-state index contributed by atoms with van der Waals surface area (Å²) in [6.07, 6.45) is 1.71. The van der Waals surface area contributed by atoms with E-state index < -0.39 is 5.60 Å². The van der Waals surface area contributed by atoms with Crippen molar-refractivity contribution in [1.29, 1.82) is 0 Å². The fraction of sp³-hybridized carbons (Fsp3) is 0.455. The van der Waals surface area contributed by atoms with Crippen molar-refractivity contribution in [2.24, 2.45) is 0 Å². The van der Waals surface area contributed by atoms with Gasteiger partial charge < -0.3 is 4.74 Å². The SMILES string of the molecule is C[C@@H]1c2ncccc2C(=O)OC1(C)C. The molecule has 0 saturated heterocycles. The Bertz CT molecular complexity index is 385. The van der Waals surface area contributed by atoms with Crippen molar-refractivity contribution in [3.8, 4) is 0 Å². The highest BCUT2D eigenvalue weighted by Gasteiger charge is 2.39. The Kier molecular flexibility index (Phi) is 1.84. The van der Waals surface area contributed by atoms with E-state index in [9.17, 15) is 4.79 Å². The van der Waals surface area contributed by atoms with E-state index in [1.807, 2.05) is 20.8 Å². The van der Waals surface area contributed by atoms with Crippen molar-refractivity contribution in [2.45, 2.75) is 32.3 Å². The molecule has 0 fully saturated rings. The van der Waals surface area contributed by atoms with Gasteiger partial charge in [-0.15, -0.1) is 0 Å². The fourth-order valence-electron chi connectivity index (χ4n) is 1.65. The van der Waals surface area contributed by atoms with Gasteiger partial charge in [0.25, 0.3) is 0 Å². The lowest BCUT2D eigenvalue weighted by atomic mass is 9.85. The van der Waals surface area contributed by atoms with E-state index >= 15 is 0 Å². The molecule has 1 atom stereocenters. The maximum atomic E-state index is 11.6. The number of cyclic esters (lactones) is 1. The second-order valence-corrected chi connectivity index (χ2v) is 4.15. The standard InChI is InChI=1S/C11H13NO2/c1-7-9-8(5-4-6-12-9)10(13)14-11(7,2)3/h4-7H,1-3H3/t7-/m1/s1. The molecule has 1 aliphatic rings. The molecule has 3 heteroatoms. The van der Waals surface area contributed by atoms with Gasteiger partial charge in [-0.1, -0.05) is 6.92 Å². The molecule has 1 aromatic rings. The highest BCUT2D eigenvalue weighted by Crippen LogP contribution is 2.36. The summed E-state index contributed by atoms with van der Waals surface area (Å²) in [5.74, 6) is -0.132. The van der Waals surface area contributed by atoms with E-state index in [0.29, 0.717) is 5.56 Å². The number of aromatic nitrogens is 1. The molecule has 2 heterocycles. The van der Waals surface area contributed by atoms with Crippen molar-refractivity contribution in [1.82, 2.24) is 4.98 Å². The molecule has 0 radical (unpaired) electrons. The maximum absolute atomic E-state index is 11.6. The van der Waals surface area contributed by atoms with Crippen LogP contribution in [0.15, 0.2) is 18.3 Å². The molecule has 3 nitrogen and oxygen atoms in total. The molecular formula is C11H13NO2. The minimum Gasteiger partial charge on any atom is -0.455 e. The predicted octanol–water partition coefficient (Wildman–Crippen LogP) is 2.13. The number of esters is 1. The lowest BCUT2D eigenvalue weighted by Gasteiger charge is -2.36. The normalized spacial score (nSPS) is 23.9. The molecule has 2 rings (SSSR count).